The maximum atomic E-state index is 10.4. The predicted octanol–water partition coefficient (Wildman–Crippen LogP) is 0.816. The normalized spacial score (nSPS) is 35.1. The van der Waals surface area contributed by atoms with E-state index in [0.29, 0.717) is 5.92 Å². The first-order valence-electron chi connectivity index (χ1n) is 5.68. The molecule has 14 heavy (non-hydrogen) atoms. The summed E-state index contributed by atoms with van der Waals surface area (Å²) in [5, 5.41) is 10.4. The van der Waals surface area contributed by atoms with Crippen molar-refractivity contribution in [3.8, 4) is 0 Å². The Labute approximate surface area is 87.3 Å². The van der Waals surface area contributed by atoms with Crippen LogP contribution in [0, 0.1) is 5.92 Å². The zero-order chi connectivity index (χ0) is 10.8. The van der Waals surface area contributed by atoms with Gasteiger partial charge in [0.25, 0.3) is 0 Å². The Balaban J connectivity index is 2.55. The second kappa shape index (κ2) is 4.60. The molecule has 3 N–H and O–H groups in total. The Morgan fingerprint density at radius 3 is 2.64 bits per heavy atom. The molecule has 2 unspecified atom stereocenters. The second-order valence-electron chi connectivity index (χ2n) is 4.95. The number of nitrogens with two attached hydrogens (primary N) is 1. The Bertz CT molecular complexity index is 184. The van der Waals surface area contributed by atoms with Gasteiger partial charge in [0.15, 0.2) is 0 Å². The standard InChI is InChI=1S/C11H24N2O/c1-4-13-6-5-11(14,7-9(2)3)10(12)8-13/h9-10,14H,4-8,12H2,1-3H3. The largest absolute Gasteiger partial charge is 0.388 e. The third kappa shape index (κ3) is 2.69. The maximum Gasteiger partial charge on any atom is 0.0825 e. The van der Waals surface area contributed by atoms with Crippen molar-refractivity contribution in [2.45, 2.75) is 45.3 Å². The fourth-order valence-electron chi connectivity index (χ4n) is 2.32. The van der Waals surface area contributed by atoms with E-state index in [4.69, 9.17) is 5.73 Å². The number of hydrogen-bond acceptors (Lipinski definition) is 3. The summed E-state index contributed by atoms with van der Waals surface area (Å²) in [7, 11) is 0. The molecule has 0 amide bonds. The van der Waals surface area contributed by atoms with E-state index in [1.165, 1.54) is 0 Å². The number of rotatable bonds is 3. The summed E-state index contributed by atoms with van der Waals surface area (Å²) in [6.45, 7) is 9.26. The zero-order valence-electron chi connectivity index (χ0n) is 9.66. The molecule has 1 rings (SSSR count). The van der Waals surface area contributed by atoms with Crippen LogP contribution in [0.15, 0.2) is 0 Å². The molecule has 1 aliphatic heterocycles. The fourth-order valence-corrected chi connectivity index (χ4v) is 2.32. The highest BCUT2D eigenvalue weighted by molar-refractivity contribution is 4.96. The molecule has 0 bridgehead atoms. The highest BCUT2D eigenvalue weighted by Gasteiger charge is 2.39. The van der Waals surface area contributed by atoms with E-state index >= 15 is 0 Å². The van der Waals surface area contributed by atoms with Gasteiger partial charge in [0.05, 0.1) is 5.60 Å². The van der Waals surface area contributed by atoms with E-state index < -0.39 is 5.60 Å². The van der Waals surface area contributed by atoms with E-state index in [1.54, 1.807) is 0 Å². The molecular formula is C11H24N2O. The van der Waals surface area contributed by atoms with Gasteiger partial charge in [-0.05, 0) is 25.3 Å². The summed E-state index contributed by atoms with van der Waals surface area (Å²) in [5.74, 6) is 0.513. The molecule has 1 heterocycles. The molecule has 1 aliphatic rings. The van der Waals surface area contributed by atoms with Crippen molar-refractivity contribution in [2.24, 2.45) is 11.7 Å². The first-order valence-corrected chi connectivity index (χ1v) is 5.68. The topological polar surface area (TPSA) is 49.5 Å². The molecule has 0 aliphatic carbocycles. The van der Waals surface area contributed by atoms with Crippen LogP contribution in [0.4, 0.5) is 0 Å². The van der Waals surface area contributed by atoms with Crippen molar-refractivity contribution in [3.05, 3.63) is 0 Å². The molecule has 1 fully saturated rings. The van der Waals surface area contributed by atoms with Gasteiger partial charge in [-0.2, -0.15) is 0 Å². The van der Waals surface area contributed by atoms with Crippen molar-refractivity contribution in [3.63, 3.8) is 0 Å². The van der Waals surface area contributed by atoms with Gasteiger partial charge in [-0.25, -0.2) is 0 Å². The molecule has 0 aromatic heterocycles. The highest BCUT2D eigenvalue weighted by atomic mass is 16.3. The molecule has 0 spiro atoms. The number of nitrogens with zero attached hydrogens (tertiary/aromatic N) is 1. The van der Waals surface area contributed by atoms with Crippen molar-refractivity contribution in [2.75, 3.05) is 19.6 Å². The zero-order valence-corrected chi connectivity index (χ0v) is 9.66. The molecule has 84 valence electrons. The van der Waals surface area contributed by atoms with E-state index in [0.717, 1.165) is 32.5 Å². The second-order valence-corrected chi connectivity index (χ2v) is 4.95. The van der Waals surface area contributed by atoms with Gasteiger partial charge in [-0.1, -0.05) is 20.8 Å². The van der Waals surface area contributed by atoms with Gasteiger partial charge < -0.3 is 15.7 Å². The summed E-state index contributed by atoms with van der Waals surface area (Å²) in [6, 6.07) is -0.0846. The van der Waals surface area contributed by atoms with Crippen LogP contribution in [0.25, 0.3) is 0 Å². The van der Waals surface area contributed by atoms with E-state index in [2.05, 4.69) is 25.7 Å². The molecular weight excluding hydrogens is 176 g/mol. The van der Waals surface area contributed by atoms with Crippen LogP contribution in [-0.4, -0.2) is 41.3 Å². The lowest BCUT2D eigenvalue weighted by Crippen LogP contribution is -2.59. The fraction of sp³-hybridized carbons (Fsp3) is 1.00. The molecule has 0 radical (unpaired) electrons. The summed E-state index contributed by atoms with van der Waals surface area (Å²) < 4.78 is 0. The third-order valence-electron chi connectivity index (χ3n) is 3.21. The van der Waals surface area contributed by atoms with Crippen molar-refractivity contribution >= 4 is 0 Å². The van der Waals surface area contributed by atoms with Crippen molar-refractivity contribution in [1.82, 2.24) is 4.90 Å². The number of likely N-dealkylation sites (N-methyl/N-ethyl adjacent to an activating group) is 1. The highest BCUT2D eigenvalue weighted by Crippen LogP contribution is 2.27. The predicted molar refractivity (Wildman–Crippen MR) is 59.1 cm³/mol. The Morgan fingerprint density at radius 2 is 2.21 bits per heavy atom. The van der Waals surface area contributed by atoms with Crippen LogP contribution in [0.2, 0.25) is 0 Å². The number of aliphatic hydroxyl groups is 1. The lowest BCUT2D eigenvalue weighted by atomic mass is 9.80. The molecule has 0 saturated carbocycles. The smallest absolute Gasteiger partial charge is 0.0825 e. The van der Waals surface area contributed by atoms with E-state index in [9.17, 15) is 5.11 Å². The molecule has 2 atom stereocenters. The van der Waals surface area contributed by atoms with Gasteiger partial charge in [0.2, 0.25) is 0 Å². The van der Waals surface area contributed by atoms with Crippen molar-refractivity contribution < 1.29 is 5.11 Å². The quantitative estimate of drug-likeness (QED) is 0.709. The number of likely N-dealkylation sites (tertiary alicyclic amines) is 1. The lowest BCUT2D eigenvalue weighted by molar-refractivity contribution is -0.0517. The minimum Gasteiger partial charge on any atom is -0.388 e. The van der Waals surface area contributed by atoms with E-state index in [1.807, 2.05) is 0 Å². The molecule has 3 nitrogen and oxygen atoms in total. The summed E-state index contributed by atoms with van der Waals surface area (Å²) in [6.07, 6.45) is 1.64. The molecule has 0 aromatic rings. The van der Waals surface area contributed by atoms with Crippen LogP contribution >= 0.6 is 0 Å². The van der Waals surface area contributed by atoms with Gasteiger partial charge in [-0.3, -0.25) is 0 Å². The lowest BCUT2D eigenvalue weighted by Gasteiger charge is -2.43. The monoisotopic (exact) mass is 200 g/mol. The molecule has 0 aromatic carbocycles. The van der Waals surface area contributed by atoms with Crippen LogP contribution in [-0.2, 0) is 0 Å². The number of piperidine rings is 1. The van der Waals surface area contributed by atoms with Crippen LogP contribution in [0.5, 0.6) is 0 Å². The summed E-state index contributed by atoms with van der Waals surface area (Å²) in [5.41, 5.74) is 5.41. The molecule has 3 heteroatoms. The Kier molecular flexibility index (Phi) is 3.93. The van der Waals surface area contributed by atoms with E-state index in [-0.39, 0.29) is 6.04 Å². The SMILES string of the molecule is CCN1CCC(O)(CC(C)C)C(N)C1. The third-order valence-corrected chi connectivity index (χ3v) is 3.21. The first kappa shape index (κ1) is 12.0. The summed E-state index contributed by atoms with van der Waals surface area (Å²) in [4.78, 5) is 2.31. The Morgan fingerprint density at radius 1 is 1.57 bits per heavy atom. The van der Waals surface area contributed by atoms with Crippen LogP contribution in [0.1, 0.15) is 33.6 Å². The first-order chi connectivity index (χ1) is 6.48. The van der Waals surface area contributed by atoms with Crippen LogP contribution in [0.3, 0.4) is 0 Å². The van der Waals surface area contributed by atoms with Gasteiger partial charge in [0, 0.05) is 19.1 Å². The summed E-state index contributed by atoms with van der Waals surface area (Å²) >= 11 is 0. The average Bonchev–Trinajstić information content (AvgIpc) is 2.09. The molecule has 1 saturated heterocycles. The Hall–Kier alpha value is -0.120. The minimum absolute atomic E-state index is 0.0846. The maximum absolute atomic E-state index is 10.4. The van der Waals surface area contributed by atoms with Crippen molar-refractivity contribution in [1.29, 1.82) is 0 Å². The minimum atomic E-state index is -0.625. The van der Waals surface area contributed by atoms with Crippen LogP contribution < -0.4 is 5.73 Å². The average molecular weight is 200 g/mol. The number of hydrogen-bond donors (Lipinski definition) is 2. The van der Waals surface area contributed by atoms with Gasteiger partial charge >= 0.3 is 0 Å². The van der Waals surface area contributed by atoms with Gasteiger partial charge in [-0.15, -0.1) is 0 Å². The van der Waals surface area contributed by atoms with Gasteiger partial charge in [0.1, 0.15) is 0 Å².